The Morgan fingerprint density at radius 2 is 1.82 bits per heavy atom. The second kappa shape index (κ2) is 7.31. The average molecular weight is 242 g/mol. The molecule has 0 aromatic heterocycles. The number of hydrogen-bond acceptors (Lipinski definition) is 4. The van der Waals surface area contributed by atoms with Gasteiger partial charge in [0, 0.05) is 39.4 Å². The molecule has 2 heterocycles. The molecule has 4 heteroatoms. The average Bonchev–Trinajstić information content (AvgIpc) is 2.39. The molecule has 0 radical (unpaired) electrons. The van der Waals surface area contributed by atoms with E-state index in [0.717, 1.165) is 19.1 Å². The highest BCUT2D eigenvalue weighted by atomic mass is 16.5. The molecule has 0 amide bonds. The molecule has 0 spiro atoms. The fourth-order valence-corrected chi connectivity index (χ4v) is 2.79. The van der Waals surface area contributed by atoms with E-state index in [9.17, 15) is 0 Å². The number of piperidine rings is 1. The van der Waals surface area contributed by atoms with E-state index in [1.54, 1.807) is 0 Å². The summed E-state index contributed by atoms with van der Waals surface area (Å²) in [7, 11) is 0. The van der Waals surface area contributed by atoms with Crippen LogP contribution in [0.4, 0.5) is 0 Å². The van der Waals surface area contributed by atoms with Gasteiger partial charge in [0.05, 0.1) is 12.7 Å². The second-order valence-electron chi connectivity index (χ2n) is 5.22. The third kappa shape index (κ3) is 4.54. The highest BCUT2D eigenvalue weighted by molar-refractivity contribution is 4.76. The minimum atomic E-state index is 0.449. The Balaban J connectivity index is 1.61. The first-order valence-electron chi connectivity index (χ1n) is 7.00. The molecule has 2 fully saturated rings. The highest BCUT2D eigenvalue weighted by Gasteiger charge is 2.22. The van der Waals surface area contributed by atoms with Gasteiger partial charge in [0.15, 0.2) is 0 Å². The van der Waals surface area contributed by atoms with Crippen molar-refractivity contribution >= 4 is 0 Å². The van der Waals surface area contributed by atoms with Crippen LogP contribution in [0.25, 0.3) is 0 Å². The normalized spacial score (nSPS) is 25.2. The number of rotatable bonds is 5. The summed E-state index contributed by atoms with van der Waals surface area (Å²) >= 11 is 0. The third-order valence-corrected chi connectivity index (χ3v) is 3.86. The number of nitrogens with zero attached hydrogens (tertiary/aromatic N) is 1. The quantitative estimate of drug-likeness (QED) is 0.776. The van der Waals surface area contributed by atoms with Gasteiger partial charge in [-0.1, -0.05) is 0 Å². The molecular weight excluding hydrogens is 216 g/mol. The van der Waals surface area contributed by atoms with Crippen LogP contribution in [0.3, 0.4) is 0 Å². The van der Waals surface area contributed by atoms with E-state index in [-0.39, 0.29) is 0 Å². The van der Waals surface area contributed by atoms with Gasteiger partial charge in [0.1, 0.15) is 0 Å². The van der Waals surface area contributed by atoms with Crippen LogP contribution in [0.1, 0.15) is 25.7 Å². The summed E-state index contributed by atoms with van der Waals surface area (Å²) in [6.07, 6.45) is 5.27. The minimum absolute atomic E-state index is 0.449. The summed E-state index contributed by atoms with van der Waals surface area (Å²) in [5.41, 5.74) is 5.45. The molecule has 0 aromatic rings. The maximum absolute atomic E-state index is 5.70. The molecule has 0 saturated carbocycles. The van der Waals surface area contributed by atoms with Gasteiger partial charge in [-0.2, -0.15) is 0 Å². The monoisotopic (exact) mass is 242 g/mol. The van der Waals surface area contributed by atoms with Crippen molar-refractivity contribution in [2.24, 2.45) is 11.7 Å². The van der Waals surface area contributed by atoms with Crippen LogP contribution in [-0.4, -0.2) is 57.0 Å². The number of nitrogens with two attached hydrogens (primary N) is 1. The summed E-state index contributed by atoms with van der Waals surface area (Å²) in [6, 6.07) is 0. The molecule has 2 aliphatic rings. The van der Waals surface area contributed by atoms with Crippen LogP contribution in [0.5, 0.6) is 0 Å². The molecule has 0 bridgehead atoms. The number of hydrogen-bond donors (Lipinski definition) is 1. The Labute approximate surface area is 104 Å². The predicted molar refractivity (Wildman–Crippen MR) is 68.0 cm³/mol. The Kier molecular flexibility index (Phi) is 5.71. The van der Waals surface area contributed by atoms with Gasteiger partial charge in [-0.15, -0.1) is 0 Å². The zero-order valence-electron chi connectivity index (χ0n) is 10.8. The fourth-order valence-electron chi connectivity index (χ4n) is 2.79. The van der Waals surface area contributed by atoms with Gasteiger partial charge in [-0.25, -0.2) is 0 Å². The molecule has 0 unspecified atom stereocenters. The minimum Gasteiger partial charge on any atom is -0.381 e. The first kappa shape index (κ1) is 13.3. The van der Waals surface area contributed by atoms with Gasteiger partial charge in [-0.3, -0.25) is 0 Å². The topological polar surface area (TPSA) is 47.7 Å². The fraction of sp³-hybridized carbons (Fsp3) is 1.00. The van der Waals surface area contributed by atoms with Gasteiger partial charge in [0.25, 0.3) is 0 Å². The van der Waals surface area contributed by atoms with Crippen molar-refractivity contribution in [3.8, 4) is 0 Å². The summed E-state index contributed by atoms with van der Waals surface area (Å²) in [5, 5.41) is 0. The van der Waals surface area contributed by atoms with E-state index in [2.05, 4.69) is 4.90 Å². The summed E-state index contributed by atoms with van der Waals surface area (Å²) in [6.45, 7) is 6.90. The molecular formula is C13H26N2O2. The molecule has 2 aliphatic heterocycles. The molecule has 2 rings (SSSR count). The van der Waals surface area contributed by atoms with Crippen molar-refractivity contribution in [3.05, 3.63) is 0 Å². The van der Waals surface area contributed by atoms with Crippen LogP contribution in [0.2, 0.25) is 0 Å². The Morgan fingerprint density at radius 1 is 1.12 bits per heavy atom. The van der Waals surface area contributed by atoms with Crippen molar-refractivity contribution in [2.75, 3.05) is 46.0 Å². The van der Waals surface area contributed by atoms with E-state index in [1.165, 1.54) is 45.3 Å². The lowest BCUT2D eigenvalue weighted by Crippen LogP contribution is -2.41. The molecule has 100 valence electrons. The van der Waals surface area contributed by atoms with Crippen LogP contribution in [0, 0.1) is 5.92 Å². The maximum atomic E-state index is 5.70. The lowest BCUT2D eigenvalue weighted by atomic mass is 9.98. The number of likely N-dealkylation sites (tertiary alicyclic amines) is 1. The second-order valence-corrected chi connectivity index (χ2v) is 5.22. The Hall–Kier alpha value is -0.160. The molecule has 2 N–H and O–H groups in total. The molecule has 2 saturated heterocycles. The van der Waals surface area contributed by atoms with Gasteiger partial charge in [0.2, 0.25) is 0 Å². The lowest BCUT2D eigenvalue weighted by Gasteiger charge is -2.35. The van der Waals surface area contributed by atoms with Crippen molar-refractivity contribution in [2.45, 2.75) is 31.8 Å². The SMILES string of the molecule is NCCOC1CCN(CC2CCOCC2)CC1. The summed E-state index contributed by atoms with van der Waals surface area (Å²) in [4.78, 5) is 2.60. The van der Waals surface area contributed by atoms with E-state index in [0.29, 0.717) is 19.3 Å². The van der Waals surface area contributed by atoms with Gasteiger partial charge >= 0.3 is 0 Å². The zero-order valence-corrected chi connectivity index (χ0v) is 10.8. The third-order valence-electron chi connectivity index (χ3n) is 3.86. The first-order chi connectivity index (χ1) is 8.38. The van der Waals surface area contributed by atoms with Crippen molar-refractivity contribution < 1.29 is 9.47 Å². The zero-order chi connectivity index (χ0) is 11.9. The van der Waals surface area contributed by atoms with Crippen LogP contribution in [0.15, 0.2) is 0 Å². The highest BCUT2D eigenvalue weighted by Crippen LogP contribution is 2.20. The van der Waals surface area contributed by atoms with Crippen molar-refractivity contribution in [1.82, 2.24) is 4.90 Å². The smallest absolute Gasteiger partial charge is 0.0600 e. The van der Waals surface area contributed by atoms with Crippen molar-refractivity contribution in [3.63, 3.8) is 0 Å². The van der Waals surface area contributed by atoms with Gasteiger partial charge < -0.3 is 20.1 Å². The van der Waals surface area contributed by atoms with Gasteiger partial charge in [-0.05, 0) is 31.6 Å². The molecule has 0 aliphatic carbocycles. The summed E-state index contributed by atoms with van der Waals surface area (Å²) in [5.74, 6) is 0.852. The van der Waals surface area contributed by atoms with E-state index < -0.39 is 0 Å². The lowest BCUT2D eigenvalue weighted by molar-refractivity contribution is 0.000109. The molecule has 4 nitrogen and oxygen atoms in total. The largest absolute Gasteiger partial charge is 0.381 e. The summed E-state index contributed by atoms with van der Waals surface area (Å²) < 4.78 is 11.1. The number of ether oxygens (including phenoxy) is 2. The van der Waals surface area contributed by atoms with E-state index in [1.807, 2.05) is 0 Å². The van der Waals surface area contributed by atoms with Crippen LogP contribution in [-0.2, 0) is 9.47 Å². The Morgan fingerprint density at radius 3 is 2.47 bits per heavy atom. The van der Waals surface area contributed by atoms with Crippen LogP contribution < -0.4 is 5.73 Å². The van der Waals surface area contributed by atoms with Crippen LogP contribution >= 0.6 is 0 Å². The van der Waals surface area contributed by atoms with Crippen molar-refractivity contribution in [1.29, 1.82) is 0 Å². The molecule has 0 aromatic carbocycles. The van der Waals surface area contributed by atoms with E-state index >= 15 is 0 Å². The predicted octanol–water partition coefficient (Wildman–Crippen LogP) is 0.853. The maximum Gasteiger partial charge on any atom is 0.0600 e. The Bertz CT molecular complexity index is 200. The van der Waals surface area contributed by atoms with E-state index in [4.69, 9.17) is 15.2 Å². The standard InChI is InChI=1S/C13H26N2O2/c14-5-10-17-13-1-6-15(7-2-13)11-12-3-8-16-9-4-12/h12-13H,1-11,14H2. The molecule has 0 atom stereocenters. The first-order valence-corrected chi connectivity index (χ1v) is 7.00. The molecule has 17 heavy (non-hydrogen) atoms.